The largest absolute Gasteiger partial charge is 0.493 e. The Labute approximate surface area is 175 Å². The van der Waals surface area contributed by atoms with Crippen LogP contribution in [0.2, 0.25) is 0 Å². The quantitative estimate of drug-likeness (QED) is 0.585. The lowest BCUT2D eigenvalue weighted by Crippen LogP contribution is -2.27. The van der Waals surface area contributed by atoms with E-state index in [1.54, 1.807) is 32.5 Å². The number of rotatable bonds is 8. The smallest absolute Gasteiger partial charge is 0.220 e. The lowest BCUT2D eigenvalue weighted by molar-refractivity contribution is -0.121. The number of aromatic nitrogens is 1. The highest BCUT2D eigenvalue weighted by Crippen LogP contribution is 2.32. The van der Waals surface area contributed by atoms with Gasteiger partial charge in [0.2, 0.25) is 5.91 Å². The summed E-state index contributed by atoms with van der Waals surface area (Å²) in [5.41, 5.74) is 2.69. The molecule has 0 aliphatic carbocycles. The van der Waals surface area contributed by atoms with Crippen LogP contribution >= 0.6 is 0 Å². The van der Waals surface area contributed by atoms with Crippen molar-refractivity contribution in [3.8, 4) is 22.8 Å². The van der Waals surface area contributed by atoms with Gasteiger partial charge in [-0.05, 0) is 61.4 Å². The lowest BCUT2D eigenvalue weighted by Gasteiger charge is -2.19. The van der Waals surface area contributed by atoms with Crippen LogP contribution in [0, 0.1) is 12.7 Å². The van der Waals surface area contributed by atoms with E-state index >= 15 is 0 Å². The minimum absolute atomic E-state index is 0.113. The number of nitrogens with one attached hydrogen (secondary N) is 1. The van der Waals surface area contributed by atoms with Crippen LogP contribution in [-0.2, 0) is 11.2 Å². The molecule has 1 unspecified atom stereocenters. The first-order valence-electron chi connectivity index (χ1n) is 9.63. The standard InChI is InChI=1S/C23H25FN2O4/c1-14-11-19(28-3)20(29-4)12-18(14)15(2)26-22(27)9-10-23-25-13-21(30-23)16-5-7-17(24)8-6-16/h5-8,11-13,15H,9-10H2,1-4H3,(H,26,27). The van der Waals surface area contributed by atoms with Crippen LogP contribution in [0.3, 0.4) is 0 Å². The summed E-state index contributed by atoms with van der Waals surface area (Å²) in [5.74, 6) is 1.84. The van der Waals surface area contributed by atoms with Crippen molar-refractivity contribution in [2.45, 2.75) is 32.7 Å². The predicted octanol–water partition coefficient (Wildman–Crippen LogP) is 4.62. The first-order valence-corrected chi connectivity index (χ1v) is 9.63. The van der Waals surface area contributed by atoms with Gasteiger partial charge >= 0.3 is 0 Å². The molecule has 1 amide bonds. The van der Waals surface area contributed by atoms with Crippen molar-refractivity contribution < 1.29 is 23.1 Å². The summed E-state index contributed by atoms with van der Waals surface area (Å²) in [4.78, 5) is 16.6. The van der Waals surface area contributed by atoms with Gasteiger partial charge in [-0.25, -0.2) is 9.37 Å². The first kappa shape index (κ1) is 21.4. The molecule has 0 saturated heterocycles. The number of carbonyl (C=O) groups excluding carboxylic acids is 1. The predicted molar refractivity (Wildman–Crippen MR) is 111 cm³/mol. The Kier molecular flexibility index (Phi) is 6.72. The summed E-state index contributed by atoms with van der Waals surface area (Å²) >= 11 is 0. The second-order valence-corrected chi connectivity index (χ2v) is 6.98. The van der Waals surface area contributed by atoms with Crippen LogP contribution < -0.4 is 14.8 Å². The summed E-state index contributed by atoms with van der Waals surface area (Å²) in [7, 11) is 3.17. The number of ether oxygens (including phenoxy) is 2. The summed E-state index contributed by atoms with van der Waals surface area (Å²) in [6.07, 6.45) is 2.18. The monoisotopic (exact) mass is 412 g/mol. The highest BCUT2D eigenvalue weighted by atomic mass is 19.1. The fraction of sp³-hybridized carbons (Fsp3) is 0.304. The maximum atomic E-state index is 13.0. The highest BCUT2D eigenvalue weighted by molar-refractivity contribution is 5.76. The number of nitrogens with zero attached hydrogens (tertiary/aromatic N) is 1. The van der Waals surface area contributed by atoms with E-state index in [9.17, 15) is 9.18 Å². The van der Waals surface area contributed by atoms with Crippen molar-refractivity contribution in [2.24, 2.45) is 0 Å². The third-order valence-corrected chi connectivity index (χ3v) is 4.86. The zero-order valence-corrected chi connectivity index (χ0v) is 17.5. The fourth-order valence-electron chi connectivity index (χ4n) is 3.25. The van der Waals surface area contributed by atoms with E-state index in [2.05, 4.69) is 10.3 Å². The average molecular weight is 412 g/mol. The molecule has 0 aliphatic rings. The van der Waals surface area contributed by atoms with Gasteiger partial charge in [0.1, 0.15) is 5.82 Å². The molecule has 0 fully saturated rings. The van der Waals surface area contributed by atoms with E-state index in [0.29, 0.717) is 29.6 Å². The molecule has 0 saturated carbocycles. The molecule has 1 N–H and O–H groups in total. The molecule has 7 heteroatoms. The first-order chi connectivity index (χ1) is 14.4. The molecule has 2 aromatic carbocycles. The van der Waals surface area contributed by atoms with Crippen LogP contribution in [-0.4, -0.2) is 25.1 Å². The van der Waals surface area contributed by atoms with E-state index in [1.165, 1.54) is 12.1 Å². The fourth-order valence-corrected chi connectivity index (χ4v) is 3.25. The molecule has 0 bridgehead atoms. The van der Waals surface area contributed by atoms with E-state index in [0.717, 1.165) is 16.7 Å². The van der Waals surface area contributed by atoms with E-state index in [4.69, 9.17) is 13.9 Å². The van der Waals surface area contributed by atoms with Gasteiger partial charge in [0.25, 0.3) is 0 Å². The summed E-state index contributed by atoms with van der Waals surface area (Å²) in [6, 6.07) is 9.55. The third kappa shape index (κ3) is 4.97. The number of aryl methyl sites for hydroxylation is 2. The van der Waals surface area contributed by atoms with Crippen LogP contribution in [0.4, 0.5) is 4.39 Å². The number of benzene rings is 2. The van der Waals surface area contributed by atoms with Crippen molar-refractivity contribution in [1.29, 1.82) is 0 Å². The SMILES string of the molecule is COc1cc(C)c(C(C)NC(=O)CCc2ncc(-c3ccc(F)cc3)o2)cc1OC. The van der Waals surface area contributed by atoms with E-state index < -0.39 is 0 Å². The molecular formula is C23H25FN2O4. The Morgan fingerprint density at radius 2 is 1.83 bits per heavy atom. The Hall–Kier alpha value is -3.35. The molecule has 1 atom stereocenters. The van der Waals surface area contributed by atoms with Crippen LogP contribution in [0.25, 0.3) is 11.3 Å². The lowest BCUT2D eigenvalue weighted by atomic mass is 10.0. The van der Waals surface area contributed by atoms with Gasteiger partial charge in [-0.1, -0.05) is 0 Å². The second kappa shape index (κ2) is 9.43. The number of hydrogen-bond acceptors (Lipinski definition) is 5. The maximum absolute atomic E-state index is 13.0. The molecule has 0 radical (unpaired) electrons. The molecule has 158 valence electrons. The van der Waals surface area contributed by atoms with Crippen LogP contribution in [0.15, 0.2) is 47.0 Å². The molecular weight excluding hydrogens is 387 g/mol. The minimum Gasteiger partial charge on any atom is -0.493 e. The molecule has 1 aromatic heterocycles. The van der Waals surface area contributed by atoms with Crippen LogP contribution in [0.5, 0.6) is 11.5 Å². The molecule has 1 heterocycles. The Morgan fingerprint density at radius 3 is 2.50 bits per heavy atom. The number of oxazole rings is 1. The van der Waals surface area contributed by atoms with Crippen LogP contribution in [0.1, 0.15) is 36.4 Å². The minimum atomic E-state index is -0.311. The molecule has 3 aromatic rings. The van der Waals surface area contributed by atoms with Crippen molar-refractivity contribution in [1.82, 2.24) is 10.3 Å². The van der Waals surface area contributed by atoms with Crippen molar-refractivity contribution in [2.75, 3.05) is 14.2 Å². The number of hydrogen-bond donors (Lipinski definition) is 1. The van der Waals surface area contributed by atoms with Gasteiger partial charge in [0.05, 0.1) is 26.5 Å². The van der Waals surface area contributed by atoms with Gasteiger partial charge in [0, 0.05) is 18.4 Å². The van der Waals surface area contributed by atoms with E-state index in [1.807, 2.05) is 26.0 Å². The second-order valence-electron chi connectivity index (χ2n) is 6.98. The van der Waals surface area contributed by atoms with Gasteiger partial charge in [0.15, 0.2) is 23.1 Å². The number of amides is 1. The van der Waals surface area contributed by atoms with Gasteiger partial charge in [-0.2, -0.15) is 0 Å². The Bertz CT molecular complexity index is 1010. The number of halogens is 1. The molecule has 0 aliphatic heterocycles. The zero-order valence-electron chi connectivity index (χ0n) is 17.5. The van der Waals surface area contributed by atoms with Crippen molar-refractivity contribution in [3.05, 3.63) is 65.4 Å². The average Bonchev–Trinajstić information content (AvgIpc) is 3.21. The molecule has 6 nitrogen and oxygen atoms in total. The van der Waals surface area contributed by atoms with Gasteiger partial charge in [-0.15, -0.1) is 0 Å². The summed E-state index contributed by atoms with van der Waals surface area (Å²) in [6.45, 7) is 3.88. The van der Waals surface area contributed by atoms with Gasteiger partial charge in [-0.3, -0.25) is 4.79 Å². The molecule has 3 rings (SSSR count). The normalized spacial score (nSPS) is 11.8. The van der Waals surface area contributed by atoms with Gasteiger partial charge < -0.3 is 19.2 Å². The summed E-state index contributed by atoms with van der Waals surface area (Å²) in [5, 5.41) is 2.99. The Balaban J connectivity index is 1.59. The number of methoxy groups -OCH3 is 2. The topological polar surface area (TPSA) is 73.6 Å². The van der Waals surface area contributed by atoms with Crippen molar-refractivity contribution >= 4 is 5.91 Å². The molecule has 0 spiro atoms. The highest BCUT2D eigenvalue weighted by Gasteiger charge is 2.16. The zero-order chi connectivity index (χ0) is 21.7. The van der Waals surface area contributed by atoms with Crippen molar-refractivity contribution in [3.63, 3.8) is 0 Å². The van der Waals surface area contributed by atoms with E-state index in [-0.39, 0.29) is 24.2 Å². The summed E-state index contributed by atoms with van der Waals surface area (Å²) < 4.78 is 29.4. The molecule has 30 heavy (non-hydrogen) atoms. The number of carbonyl (C=O) groups is 1. The maximum Gasteiger partial charge on any atom is 0.220 e. The third-order valence-electron chi connectivity index (χ3n) is 4.86. The Morgan fingerprint density at radius 1 is 1.17 bits per heavy atom.